The Hall–Kier alpha value is -2.77. The van der Waals surface area contributed by atoms with Crippen molar-refractivity contribution in [1.82, 2.24) is 9.03 Å². The van der Waals surface area contributed by atoms with Crippen LogP contribution in [0.3, 0.4) is 0 Å². The standard InChI is InChI=1S/C23H26ClN3O7S2/c24-20-10-9-19(36(32,33)27-12-5-2-6-13-27)15-21(20)26-22(28)17-34-23(29)16-25-35(30,31)14-11-18-7-3-1-4-8-18/h1,3-4,7-11,14-15,25H,2,5-6,12-13,16-17H2,(H,26,28). The molecule has 1 heterocycles. The second-order valence-corrected chi connectivity index (χ2v) is 11.9. The maximum absolute atomic E-state index is 12.9. The number of ether oxygens (including phenoxy) is 1. The van der Waals surface area contributed by atoms with E-state index in [1.807, 2.05) is 0 Å². The predicted molar refractivity (Wildman–Crippen MR) is 136 cm³/mol. The molecule has 1 amide bonds. The first-order chi connectivity index (χ1) is 17.1. The molecule has 0 bridgehead atoms. The van der Waals surface area contributed by atoms with Crippen LogP contribution in [0.1, 0.15) is 24.8 Å². The van der Waals surface area contributed by atoms with E-state index in [1.54, 1.807) is 30.3 Å². The Morgan fingerprint density at radius 2 is 1.69 bits per heavy atom. The van der Waals surface area contributed by atoms with Gasteiger partial charge in [-0.25, -0.2) is 21.6 Å². The summed E-state index contributed by atoms with van der Waals surface area (Å²) in [6.07, 6.45) is 3.89. The number of hydrogen-bond acceptors (Lipinski definition) is 7. The molecule has 0 aromatic heterocycles. The van der Waals surface area contributed by atoms with Crippen LogP contribution in [0.5, 0.6) is 0 Å². The number of sulfonamides is 2. The van der Waals surface area contributed by atoms with Gasteiger partial charge in [0.2, 0.25) is 20.0 Å². The third kappa shape index (κ3) is 8.14. The summed E-state index contributed by atoms with van der Waals surface area (Å²) in [5, 5.41) is 3.42. The number of amides is 1. The average Bonchev–Trinajstić information content (AvgIpc) is 2.87. The van der Waals surface area contributed by atoms with Crippen LogP contribution in [0.25, 0.3) is 6.08 Å². The number of rotatable bonds is 10. The fraction of sp³-hybridized carbons (Fsp3) is 0.304. The largest absolute Gasteiger partial charge is 0.455 e. The average molecular weight is 556 g/mol. The fourth-order valence-corrected chi connectivity index (χ4v) is 5.80. The quantitative estimate of drug-likeness (QED) is 0.429. The van der Waals surface area contributed by atoms with Crippen molar-refractivity contribution in [2.45, 2.75) is 24.2 Å². The Balaban J connectivity index is 1.51. The van der Waals surface area contributed by atoms with E-state index in [2.05, 4.69) is 10.0 Å². The highest BCUT2D eigenvalue weighted by atomic mass is 35.5. The van der Waals surface area contributed by atoms with E-state index >= 15 is 0 Å². The van der Waals surface area contributed by atoms with Crippen molar-refractivity contribution in [1.29, 1.82) is 0 Å². The zero-order valence-electron chi connectivity index (χ0n) is 19.2. The van der Waals surface area contributed by atoms with Gasteiger partial charge in [-0.05, 0) is 42.7 Å². The second kappa shape index (κ2) is 12.5. The summed E-state index contributed by atoms with van der Waals surface area (Å²) in [6, 6.07) is 12.7. The minimum atomic E-state index is -3.91. The van der Waals surface area contributed by atoms with Crippen LogP contribution in [0.4, 0.5) is 5.69 Å². The van der Waals surface area contributed by atoms with Gasteiger partial charge in [0.15, 0.2) is 6.61 Å². The molecule has 0 saturated carbocycles. The van der Waals surface area contributed by atoms with Crippen molar-refractivity contribution < 1.29 is 31.2 Å². The topological polar surface area (TPSA) is 139 Å². The number of esters is 1. The molecule has 13 heteroatoms. The molecule has 36 heavy (non-hydrogen) atoms. The molecular formula is C23H26ClN3O7S2. The van der Waals surface area contributed by atoms with E-state index in [1.165, 1.54) is 28.6 Å². The number of hydrogen-bond donors (Lipinski definition) is 2. The van der Waals surface area contributed by atoms with Crippen molar-refractivity contribution in [3.05, 3.63) is 64.5 Å². The van der Waals surface area contributed by atoms with Gasteiger partial charge in [0.25, 0.3) is 5.91 Å². The lowest BCUT2D eigenvalue weighted by Crippen LogP contribution is -2.35. The monoisotopic (exact) mass is 555 g/mol. The summed E-state index contributed by atoms with van der Waals surface area (Å²) in [4.78, 5) is 24.1. The molecular weight excluding hydrogens is 530 g/mol. The molecule has 0 spiro atoms. The molecule has 0 radical (unpaired) electrons. The van der Waals surface area contributed by atoms with Gasteiger partial charge in [0.05, 0.1) is 15.6 Å². The fourth-order valence-electron chi connectivity index (χ4n) is 3.34. The normalized spacial score (nSPS) is 15.0. The third-order valence-electron chi connectivity index (χ3n) is 5.19. The Morgan fingerprint density at radius 1 is 1.00 bits per heavy atom. The van der Waals surface area contributed by atoms with Crippen LogP contribution >= 0.6 is 11.6 Å². The molecule has 0 unspecified atom stereocenters. The Labute approximate surface area is 215 Å². The Bertz CT molecular complexity index is 1320. The lowest BCUT2D eigenvalue weighted by Gasteiger charge is -2.26. The van der Waals surface area contributed by atoms with E-state index in [9.17, 15) is 26.4 Å². The van der Waals surface area contributed by atoms with E-state index < -0.39 is 45.1 Å². The van der Waals surface area contributed by atoms with Crippen LogP contribution in [-0.4, -0.2) is 59.3 Å². The Morgan fingerprint density at radius 3 is 2.39 bits per heavy atom. The van der Waals surface area contributed by atoms with Crippen LogP contribution in [0.2, 0.25) is 5.02 Å². The maximum Gasteiger partial charge on any atom is 0.321 e. The number of carbonyl (C=O) groups excluding carboxylic acids is 2. The summed E-state index contributed by atoms with van der Waals surface area (Å²) in [6.45, 7) is -0.554. The van der Waals surface area contributed by atoms with Crippen LogP contribution in [-0.2, 0) is 34.4 Å². The van der Waals surface area contributed by atoms with Gasteiger partial charge in [0, 0.05) is 18.5 Å². The summed E-state index contributed by atoms with van der Waals surface area (Å²) in [5.74, 6) is -1.75. The molecule has 1 aliphatic heterocycles. The van der Waals surface area contributed by atoms with Crippen LogP contribution < -0.4 is 10.0 Å². The van der Waals surface area contributed by atoms with Gasteiger partial charge in [-0.1, -0.05) is 48.4 Å². The highest BCUT2D eigenvalue weighted by Crippen LogP contribution is 2.28. The predicted octanol–water partition coefficient (Wildman–Crippen LogP) is 2.59. The molecule has 2 N–H and O–H groups in total. The zero-order chi connectivity index (χ0) is 26.2. The van der Waals surface area contributed by atoms with Crippen molar-refractivity contribution in [2.24, 2.45) is 0 Å². The molecule has 0 atom stereocenters. The lowest BCUT2D eigenvalue weighted by atomic mass is 10.2. The number of benzene rings is 2. The highest BCUT2D eigenvalue weighted by molar-refractivity contribution is 7.92. The first kappa shape index (κ1) is 27.8. The zero-order valence-corrected chi connectivity index (χ0v) is 21.6. The lowest BCUT2D eigenvalue weighted by molar-refractivity contribution is -0.146. The number of anilines is 1. The number of halogens is 1. The van der Waals surface area contributed by atoms with E-state index in [-0.39, 0.29) is 15.6 Å². The second-order valence-electron chi connectivity index (χ2n) is 7.89. The van der Waals surface area contributed by atoms with Gasteiger partial charge in [-0.2, -0.15) is 4.31 Å². The third-order valence-corrected chi connectivity index (χ3v) is 8.45. The molecule has 1 fully saturated rings. The minimum Gasteiger partial charge on any atom is -0.455 e. The molecule has 3 rings (SSSR count). The van der Waals surface area contributed by atoms with Gasteiger partial charge in [0.1, 0.15) is 6.54 Å². The molecule has 2 aromatic rings. The molecule has 194 valence electrons. The molecule has 2 aromatic carbocycles. The highest BCUT2D eigenvalue weighted by Gasteiger charge is 2.26. The van der Waals surface area contributed by atoms with Gasteiger partial charge in [-0.15, -0.1) is 0 Å². The van der Waals surface area contributed by atoms with Gasteiger partial charge >= 0.3 is 5.97 Å². The first-order valence-electron chi connectivity index (χ1n) is 11.0. The number of nitrogens with zero attached hydrogens (tertiary/aromatic N) is 1. The van der Waals surface area contributed by atoms with Crippen molar-refractivity contribution in [3.8, 4) is 0 Å². The number of carbonyl (C=O) groups is 2. The van der Waals surface area contributed by atoms with E-state index in [0.717, 1.165) is 24.7 Å². The van der Waals surface area contributed by atoms with Crippen molar-refractivity contribution >= 4 is 55.3 Å². The summed E-state index contributed by atoms with van der Waals surface area (Å²) in [5.41, 5.74) is 0.705. The SMILES string of the molecule is O=C(COC(=O)CNS(=O)(=O)C=Cc1ccccc1)Nc1cc(S(=O)(=O)N2CCCCC2)ccc1Cl. The van der Waals surface area contributed by atoms with E-state index in [0.29, 0.717) is 18.7 Å². The molecule has 1 aliphatic rings. The Kier molecular flexibility index (Phi) is 9.63. The van der Waals surface area contributed by atoms with Crippen LogP contribution in [0.15, 0.2) is 58.8 Å². The summed E-state index contributed by atoms with van der Waals surface area (Å²) < 4.78 is 58.0. The van der Waals surface area contributed by atoms with E-state index in [4.69, 9.17) is 16.3 Å². The van der Waals surface area contributed by atoms with Gasteiger partial charge < -0.3 is 10.1 Å². The summed E-state index contributed by atoms with van der Waals surface area (Å²) in [7, 11) is -7.65. The maximum atomic E-state index is 12.9. The van der Waals surface area contributed by atoms with Crippen LogP contribution in [0, 0.1) is 0 Å². The molecule has 0 aliphatic carbocycles. The number of piperidine rings is 1. The molecule has 1 saturated heterocycles. The van der Waals surface area contributed by atoms with Crippen molar-refractivity contribution in [2.75, 3.05) is 31.6 Å². The summed E-state index contributed by atoms with van der Waals surface area (Å²) >= 11 is 6.10. The minimum absolute atomic E-state index is 0.0148. The number of nitrogens with one attached hydrogen (secondary N) is 2. The first-order valence-corrected chi connectivity index (χ1v) is 14.4. The van der Waals surface area contributed by atoms with Crippen molar-refractivity contribution in [3.63, 3.8) is 0 Å². The molecule has 10 nitrogen and oxygen atoms in total. The van der Waals surface area contributed by atoms with Gasteiger partial charge in [-0.3, -0.25) is 9.59 Å². The smallest absolute Gasteiger partial charge is 0.321 e.